The number of likely N-dealkylation sites (tertiary alicyclic amines) is 1. The summed E-state index contributed by atoms with van der Waals surface area (Å²) in [6.07, 6.45) is 1.05. The summed E-state index contributed by atoms with van der Waals surface area (Å²) in [4.78, 5) is 13.0. The van der Waals surface area contributed by atoms with E-state index in [9.17, 15) is 9.90 Å². The second-order valence-electron chi connectivity index (χ2n) is 5.02. The molecule has 0 radical (unpaired) electrons. The van der Waals surface area contributed by atoms with E-state index in [2.05, 4.69) is 11.8 Å². The van der Waals surface area contributed by atoms with Gasteiger partial charge in [-0.2, -0.15) is 0 Å². The molecule has 1 aromatic heterocycles. The number of aliphatic hydroxyl groups excluding tert-OH is 1. The Morgan fingerprint density at radius 1 is 1.61 bits per heavy atom. The minimum atomic E-state index is -1.03. The number of hydrogen-bond acceptors (Lipinski definition) is 4. The predicted octanol–water partition coefficient (Wildman–Crippen LogP) is 1.49. The Morgan fingerprint density at radius 2 is 2.33 bits per heavy atom. The van der Waals surface area contributed by atoms with Crippen molar-refractivity contribution in [2.24, 2.45) is 5.92 Å². The van der Waals surface area contributed by atoms with Gasteiger partial charge in [0.2, 0.25) is 5.76 Å². The number of rotatable bonds is 4. The number of furan rings is 1. The second-order valence-corrected chi connectivity index (χ2v) is 5.02. The fourth-order valence-electron chi connectivity index (χ4n) is 2.62. The van der Waals surface area contributed by atoms with E-state index in [4.69, 9.17) is 9.52 Å². The van der Waals surface area contributed by atoms with Crippen molar-refractivity contribution in [1.82, 2.24) is 4.90 Å². The SMILES string of the molecule is Cc1cc(CN2CCC(C)C2CO)oc1C(=O)O. The molecular weight excluding hydrogens is 234 g/mol. The highest BCUT2D eigenvalue weighted by atomic mass is 16.4. The quantitative estimate of drug-likeness (QED) is 0.850. The maximum absolute atomic E-state index is 10.9. The lowest BCUT2D eigenvalue weighted by molar-refractivity contribution is 0.0654. The number of carbonyl (C=O) groups is 1. The number of nitrogens with zero attached hydrogens (tertiary/aromatic N) is 1. The zero-order chi connectivity index (χ0) is 13.3. The van der Waals surface area contributed by atoms with Crippen LogP contribution in [0.15, 0.2) is 10.5 Å². The molecule has 2 atom stereocenters. The van der Waals surface area contributed by atoms with Gasteiger partial charge in [-0.15, -0.1) is 0 Å². The number of carboxylic acids is 1. The van der Waals surface area contributed by atoms with Gasteiger partial charge in [0.05, 0.1) is 13.2 Å². The Hall–Kier alpha value is -1.33. The summed E-state index contributed by atoms with van der Waals surface area (Å²) in [6.45, 7) is 5.45. The molecule has 1 fully saturated rings. The Balaban J connectivity index is 2.10. The Bertz CT molecular complexity index is 440. The van der Waals surface area contributed by atoms with E-state index in [-0.39, 0.29) is 18.4 Å². The molecule has 2 heterocycles. The lowest BCUT2D eigenvalue weighted by Gasteiger charge is -2.23. The summed E-state index contributed by atoms with van der Waals surface area (Å²) in [5, 5.41) is 18.3. The average molecular weight is 253 g/mol. The molecule has 100 valence electrons. The topological polar surface area (TPSA) is 73.9 Å². The van der Waals surface area contributed by atoms with Gasteiger partial charge >= 0.3 is 5.97 Å². The number of hydrogen-bond donors (Lipinski definition) is 2. The number of carboxylic acid groups (broad SMARTS) is 1. The van der Waals surface area contributed by atoms with E-state index in [1.54, 1.807) is 13.0 Å². The van der Waals surface area contributed by atoms with Crippen LogP contribution in [0.3, 0.4) is 0 Å². The minimum Gasteiger partial charge on any atom is -0.475 e. The van der Waals surface area contributed by atoms with Crippen LogP contribution in [-0.2, 0) is 6.54 Å². The first-order valence-corrected chi connectivity index (χ1v) is 6.20. The number of aliphatic hydroxyl groups is 1. The van der Waals surface area contributed by atoms with Crippen LogP contribution in [0, 0.1) is 12.8 Å². The number of aryl methyl sites for hydroxylation is 1. The molecule has 18 heavy (non-hydrogen) atoms. The summed E-state index contributed by atoms with van der Waals surface area (Å²) in [6, 6.07) is 1.91. The molecule has 2 N–H and O–H groups in total. The van der Waals surface area contributed by atoms with Crippen LogP contribution in [-0.4, -0.2) is 40.3 Å². The smallest absolute Gasteiger partial charge is 0.372 e. The highest BCUT2D eigenvalue weighted by molar-refractivity contribution is 5.86. The molecule has 1 aliphatic heterocycles. The molecule has 2 rings (SSSR count). The van der Waals surface area contributed by atoms with Crippen LogP contribution in [0.25, 0.3) is 0 Å². The summed E-state index contributed by atoms with van der Waals surface area (Å²) in [5.41, 5.74) is 0.644. The third-order valence-corrected chi connectivity index (χ3v) is 3.71. The van der Waals surface area contributed by atoms with Crippen molar-refractivity contribution < 1.29 is 19.4 Å². The zero-order valence-corrected chi connectivity index (χ0v) is 10.7. The lowest BCUT2D eigenvalue weighted by atomic mass is 10.0. The van der Waals surface area contributed by atoms with Crippen LogP contribution in [0.1, 0.15) is 35.2 Å². The number of aromatic carboxylic acids is 1. The van der Waals surface area contributed by atoms with E-state index in [1.165, 1.54) is 0 Å². The van der Waals surface area contributed by atoms with Crippen LogP contribution in [0.2, 0.25) is 0 Å². The van der Waals surface area contributed by atoms with Crippen molar-refractivity contribution in [3.8, 4) is 0 Å². The fourth-order valence-corrected chi connectivity index (χ4v) is 2.62. The van der Waals surface area contributed by atoms with E-state index >= 15 is 0 Å². The van der Waals surface area contributed by atoms with E-state index in [0.717, 1.165) is 13.0 Å². The largest absolute Gasteiger partial charge is 0.475 e. The monoisotopic (exact) mass is 253 g/mol. The van der Waals surface area contributed by atoms with Gasteiger partial charge < -0.3 is 14.6 Å². The second kappa shape index (κ2) is 5.12. The molecule has 2 unspecified atom stereocenters. The molecule has 5 nitrogen and oxygen atoms in total. The first-order chi connectivity index (χ1) is 8.52. The lowest BCUT2D eigenvalue weighted by Crippen LogP contribution is -2.34. The molecular formula is C13H19NO4. The molecule has 5 heteroatoms. The maximum atomic E-state index is 10.9. The standard InChI is InChI=1S/C13H19NO4/c1-8-3-4-14(11(8)7-15)6-10-5-9(2)12(18-10)13(16)17/h5,8,11,15H,3-4,6-7H2,1-2H3,(H,16,17). The maximum Gasteiger partial charge on any atom is 0.372 e. The molecule has 0 aliphatic carbocycles. The van der Waals surface area contributed by atoms with Crippen molar-refractivity contribution in [1.29, 1.82) is 0 Å². The molecule has 1 saturated heterocycles. The molecule has 0 spiro atoms. The average Bonchev–Trinajstić information content (AvgIpc) is 2.83. The molecule has 1 aliphatic rings. The van der Waals surface area contributed by atoms with E-state index < -0.39 is 5.97 Å². The van der Waals surface area contributed by atoms with E-state index in [0.29, 0.717) is 23.8 Å². The zero-order valence-electron chi connectivity index (χ0n) is 10.7. The van der Waals surface area contributed by atoms with Gasteiger partial charge in [0.15, 0.2) is 0 Å². The Kier molecular flexibility index (Phi) is 3.73. The van der Waals surface area contributed by atoms with Crippen LogP contribution in [0.4, 0.5) is 0 Å². The first kappa shape index (κ1) is 13.1. The highest BCUT2D eigenvalue weighted by Crippen LogP contribution is 2.26. The van der Waals surface area contributed by atoms with Crippen molar-refractivity contribution in [2.45, 2.75) is 32.9 Å². The van der Waals surface area contributed by atoms with Gasteiger partial charge in [-0.3, -0.25) is 4.90 Å². The van der Waals surface area contributed by atoms with E-state index in [1.807, 2.05) is 0 Å². The Labute approximate surface area is 106 Å². The van der Waals surface area contributed by atoms with Gasteiger partial charge in [-0.25, -0.2) is 4.79 Å². The highest BCUT2D eigenvalue weighted by Gasteiger charge is 2.31. The first-order valence-electron chi connectivity index (χ1n) is 6.20. The van der Waals surface area contributed by atoms with Gasteiger partial charge in [-0.05, 0) is 31.9 Å². The molecule has 0 bridgehead atoms. The molecule has 1 aromatic rings. The van der Waals surface area contributed by atoms with Crippen molar-refractivity contribution in [2.75, 3.05) is 13.2 Å². The fraction of sp³-hybridized carbons (Fsp3) is 0.615. The summed E-state index contributed by atoms with van der Waals surface area (Å²) in [7, 11) is 0. The summed E-state index contributed by atoms with van der Waals surface area (Å²) < 4.78 is 5.34. The van der Waals surface area contributed by atoms with Crippen molar-refractivity contribution >= 4 is 5.97 Å². The van der Waals surface area contributed by atoms with Crippen molar-refractivity contribution in [3.05, 3.63) is 23.2 Å². The van der Waals surface area contributed by atoms with Crippen molar-refractivity contribution in [3.63, 3.8) is 0 Å². The third-order valence-electron chi connectivity index (χ3n) is 3.71. The van der Waals surface area contributed by atoms with Crippen LogP contribution < -0.4 is 0 Å². The predicted molar refractivity (Wildman–Crippen MR) is 65.5 cm³/mol. The van der Waals surface area contributed by atoms with Crippen LogP contribution in [0.5, 0.6) is 0 Å². The van der Waals surface area contributed by atoms with Crippen LogP contribution >= 0.6 is 0 Å². The molecule has 0 amide bonds. The summed E-state index contributed by atoms with van der Waals surface area (Å²) >= 11 is 0. The van der Waals surface area contributed by atoms with Gasteiger partial charge in [0, 0.05) is 11.6 Å². The normalized spacial score (nSPS) is 24.6. The minimum absolute atomic E-state index is 0.0118. The summed E-state index contributed by atoms with van der Waals surface area (Å²) in [5.74, 6) is 0.0903. The molecule has 0 saturated carbocycles. The molecule has 0 aromatic carbocycles. The van der Waals surface area contributed by atoms with Gasteiger partial charge in [-0.1, -0.05) is 6.92 Å². The van der Waals surface area contributed by atoms with Gasteiger partial charge in [0.1, 0.15) is 5.76 Å². The van der Waals surface area contributed by atoms with Gasteiger partial charge in [0.25, 0.3) is 0 Å². The third kappa shape index (κ3) is 2.42. The Morgan fingerprint density at radius 3 is 2.89 bits per heavy atom.